The second-order valence-corrected chi connectivity index (χ2v) is 7.71. The SMILES string of the molecule is NC1CCCCN(C2CC2)C1c1ccc(Br)s1. The highest BCUT2D eigenvalue weighted by molar-refractivity contribution is 9.11. The van der Waals surface area contributed by atoms with E-state index in [0.717, 1.165) is 6.04 Å². The van der Waals surface area contributed by atoms with Crippen LogP contribution in [0, 0.1) is 0 Å². The van der Waals surface area contributed by atoms with Crippen LogP contribution < -0.4 is 5.73 Å². The Labute approximate surface area is 115 Å². The molecule has 1 aromatic rings. The number of nitrogens with two attached hydrogens (primary N) is 1. The van der Waals surface area contributed by atoms with Gasteiger partial charge in [-0.2, -0.15) is 0 Å². The van der Waals surface area contributed by atoms with Crippen LogP contribution in [0.1, 0.15) is 43.0 Å². The summed E-state index contributed by atoms with van der Waals surface area (Å²) in [4.78, 5) is 4.12. The minimum atomic E-state index is 0.309. The minimum absolute atomic E-state index is 0.309. The van der Waals surface area contributed by atoms with E-state index in [1.807, 2.05) is 11.3 Å². The van der Waals surface area contributed by atoms with Crippen LogP contribution in [0.5, 0.6) is 0 Å². The molecule has 2 atom stereocenters. The zero-order valence-electron chi connectivity index (χ0n) is 9.94. The van der Waals surface area contributed by atoms with E-state index in [1.165, 1.54) is 47.3 Å². The average molecular weight is 315 g/mol. The first-order valence-corrected chi connectivity index (χ1v) is 8.13. The zero-order chi connectivity index (χ0) is 11.8. The lowest BCUT2D eigenvalue weighted by Gasteiger charge is -2.32. The third kappa shape index (κ3) is 2.60. The smallest absolute Gasteiger partial charge is 0.0702 e. The van der Waals surface area contributed by atoms with Crippen molar-refractivity contribution in [2.75, 3.05) is 6.54 Å². The molecule has 2 nitrogen and oxygen atoms in total. The summed E-state index contributed by atoms with van der Waals surface area (Å²) in [6.45, 7) is 1.23. The number of thiophene rings is 1. The highest BCUT2D eigenvalue weighted by Crippen LogP contribution is 2.41. The molecule has 0 amide bonds. The van der Waals surface area contributed by atoms with Crippen molar-refractivity contribution >= 4 is 27.3 Å². The van der Waals surface area contributed by atoms with E-state index in [-0.39, 0.29) is 0 Å². The van der Waals surface area contributed by atoms with Crippen molar-refractivity contribution in [1.82, 2.24) is 4.90 Å². The molecule has 0 radical (unpaired) electrons. The first-order valence-electron chi connectivity index (χ1n) is 6.52. The Balaban J connectivity index is 1.89. The van der Waals surface area contributed by atoms with Crippen molar-refractivity contribution in [2.24, 2.45) is 5.73 Å². The van der Waals surface area contributed by atoms with Gasteiger partial charge in [0.1, 0.15) is 0 Å². The molecule has 1 saturated carbocycles. The van der Waals surface area contributed by atoms with Crippen LogP contribution in [-0.4, -0.2) is 23.5 Å². The molecule has 2 aliphatic rings. The monoisotopic (exact) mass is 314 g/mol. The van der Waals surface area contributed by atoms with E-state index < -0.39 is 0 Å². The van der Waals surface area contributed by atoms with Crippen LogP contribution in [-0.2, 0) is 0 Å². The molecule has 2 N–H and O–H groups in total. The van der Waals surface area contributed by atoms with Gasteiger partial charge in [0, 0.05) is 17.0 Å². The molecule has 4 heteroatoms. The molecule has 3 rings (SSSR count). The van der Waals surface area contributed by atoms with Crippen LogP contribution in [0.4, 0.5) is 0 Å². The summed E-state index contributed by atoms with van der Waals surface area (Å²) in [5.41, 5.74) is 6.43. The molecule has 2 heterocycles. The third-order valence-corrected chi connectivity index (χ3v) is 5.56. The molecule has 17 heavy (non-hydrogen) atoms. The number of halogens is 1. The van der Waals surface area contributed by atoms with E-state index in [4.69, 9.17) is 5.73 Å². The van der Waals surface area contributed by atoms with Crippen molar-refractivity contribution in [3.8, 4) is 0 Å². The van der Waals surface area contributed by atoms with Crippen LogP contribution in [0.25, 0.3) is 0 Å². The van der Waals surface area contributed by atoms with Crippen molar-refractivity contribution in [1.29, 1.82) is 0 Å². The zero-order valence-corrected chi connectivity index (χ0v) is 12.3. The highest BCUT2D eigenvalue weighted by atomic mass is 79.9. The number of likely N-dealkylation sites (tertiary alicyclic amines) is 1. The van der Waals surface area contributed by atoms with Gasteiger partial charge in [0.2, 0.25) is 0 Å². The van der Waals surface area contributed by atoms with Crippen molar-refractivity contribution in [3.63, 3.8) is 0 Å². The Kier molecular flexibility index (Phi) is 3.57. The second kappa shape index (κ2) is 5.00. The molecule has 1 aromatic heterocycles. The molecule has 1 aliphatic carbocycles. The Morgan fingerprint density at radius 1 is 1.24 bits per heavy atom. The Bertz CT molecular complexity index is 389. The van der Waals surface area contributed by atoms with Crippen molar-refractivity contribution < 1.29 is 0 Å². The third-order valence-electron chi connectivity index (χ3n) is 3.87. The minimum Gasteiger partial charge on any atom is -0.326 e. The van der Waals surface area contributed by atoms with Crippen molar-refractivity contribution in [2.45, 2.75) is 50.2 Å². The summed E-state index contributed by atoms with van der Waals surface area (Å²) in [6, 6.07) is 5.98. The van der Waals surface area contributed by atoms with Gasteiger partial charge in [-0.05, 0) is 60.3 Å². The molecule has 0 aromatic carbocycles. The maximum Gasteiger partial charge on any atom is 0.0702 e. The van der Waals surface area contributed by atoms with Gasteiger partial charge in [-0.3, -0.25) is 4.90 Å². The molecular formula is C13H19BrN2S. The van der Waals surface area contributed by atoms with Gasteiger partial charge in [0.05, 0.1) is 9.83 Å². The van der Waals surface area contributed by atoms with E-state index in [1.54, 1.807) is 0 Å². The number of hydrogen-bond acceptors (Lipinski definition) is 3. The fourth-order valence-corrected chi connectivity index (χ4v) is 4.52. The molecule has 1 aliphatic heterocycles. The van der Waals surface area contributed by atoms with Crippen LogP contribution in [0.15, 0.2) is 15.9 Å². The molecule has 2 unspecified atom stereocenters. The fourth-order valence-electron chi connectivity index (χ4n) is 2.89. The Hall–Kier alpha value is 0.1000. The van der Waals surface area contributed by atoms with Gasteiger partial charge in [-0.1, -0.05) is 6.42 Å². The van der Waals surface area contributed by atoms with E-state index in [0.29, 0.717) is 12.1 Å². The summed E-state index contributed by atoms with van der Waals surface area (Å²) in [5.74, 6) is 0. The van der Waals surface area contributed by atoms with Gasteiger partial charge < -0.3 is 5.73 Å². The van der Waals surface area contributed by atoms with Gasteiger partial charge in [-0.15, -0.1) is 11.3 Å². The Morgan fingerprint density at radius 2 is 2.06 bits per heavy atom. The normalized spacial score (nSPS) is 31.4. The molecule has 94 valence electrons. The predicted molar refractivity (Wildman–Crippen MR) is 76.3 cm³/mol. The van der Waals surface area contributed by atoms with Crippen LogP contribution in [0.3, 0.4) is 0 Å². The summed E-state index contributed by atoms with van der Waals surface area (Å²) in [5, 5.41) is 0. The molecule has 0 bridgehead atoms. The van der Waals surface area contributed by atoms with Crippen LogP contribution >= 0.6 is 27.3 Å². The standard InChI is InChI=1S/C13H19BrN2S/c14-12-7-6-11(17-12)13-10(15)3-1-2-8-16(13)9-4-5-9/h6-7,9-10,13H,1-5,8,15H2. The molecule has 2 fully saturated rings. The topological polar surface area (TPSA) is 29.3 Å². The lowest BCUT2D eigenvalue weighted by Crippen LogP contribution is -2.40. The van der Waals surface area contributed by atoms with Gasteiger partial charge in [-0.25, -0.2) is 0 Å². The summed E-state index contributed by atoms with van der Waals surface area (Å²) in [7, 11) is 0. The largest absolute Gasteiger partial charge is 0.326 e. The maximum absolute atomic E-state index is 6.43. The first kappa shape index (κ1) is 12.2. The molecule has 1 saturated heterocycles. The molecule has 0 spiro atoms. The van der Waals surface area contributed by atoms with E-state index in [2.05, 4.69) is 33.0 Å². The first-order chi connectivity index (χ1) is 8.25. The van der Waals surface area contributed by atoms with E-state index >= 15 is 0 Å². The van der Waals surface area contributed by atoms with E-state index in [9.17, 15) is 0 Å². The maximum atomic E-state index is 6.43. The van der Waals surface area contributed by atoms with Crippen LogP contribution in [0.2, 0.25) is 0 Å². The lowest BCUT2D eigenvalue weighted by atomic mass is 10.0. The second-order valence-electron chi connectivity index (χ2n) is 5.22. The molecular weight excluding hydrogens is 296 g/mol. The fraction of sp³-hybridized carbons (Fsp3) is 0.692. The van der Waals surface area contributed by atoms with Crippen molar-refractivity contribution in [3.05, 3.63) is 20.8 Å². The quantitative estimate of drug-likeness (QED) is 0.905. The summed E-state index contributed by atoms with van der Waals surface area (Å²) < 4.78 is 1.22. The van der Waals surface area contributed by atoms with Gasteiger partial charge in [0.25, 0.3) is 0 Å². The lowest BCUT2D eigenvalue weighted by molar-refractivity contribution is 0.178. The average Bonchev–Trinajstić information content (AvgIpc) is 3.07. The summed E-state index contributed by atoms with van der Waals surface area (Å²) >= 11 is 5.42. The number of hydrogen-bond donors (Lipinski definition) is 1. The number of nitrogens with zero attached hydrogens (tertiary/aromatic N) is 1. The highest BCUT2D eigenvalue weighted by Gasteiger charge is 2.38. The summed E-state index contributed by atoms with van der Waals surface area (Å²) in [6.07, 6.45) is 6.51. The van der Waals surface area contributed by atoms with Gasteiger partial charge >= 0.3 is 0 Å². The number of rotatable bonds is 2. The predicted octanol–water partition coefficient (Wildman–Crippen LogP) is 3.53. The Morgan fingerprint density at radius 3 is 2.71 bits per heavy atom. The van der Waals surface area contributed by atoms with Gasteiger partial charge in [0.15, 0.2) is 0 Å².